The number of aromatic nitrogens is 1. The van der Waals surface area contributed by atoms with Gasteiger partial charge < -0.3 is 15.1 Å². The van der Waals surface area contributed by atoms with Crippen LogP contribution in [0.1, 0.15) is 16.8 Å². The monoisotopic (exact) mass is 380 g/mol. The van der Waals surface area contributed by atoms with Crippen molar-refractivity contribution in [2.75, 3.05) is 11.9 Å². The van der Waals surface area contributed by atoms with E-state index in [4.69, 9.17) is 21.3 Å². The zero-order chi connectivity index (χ0) is 19.2. The molecule has 0 unspecified atom stereocenters. The highest BCUT2D eigenvalue weighted by atomic mass is 35.5. The number of oxazole rings is 1. The van der Waals surface area contributed by atoms with Crippen LogP contribution < -0.4 is 10.6 Å². The van der Waals surface area contributed by atoms with Crippen LogP contribution in [0, 0.1) is 18.3 Å². The second-order valence-corrected chi connectivity index (χ2v) is 6.35. The van der Waals surface area contributed by atoms with Crippen LogP contribution in [0.4, 0.5) is 10.5 Å². The van der Waals surface area contributed by atoms with E-state index >= 15 is 0 Å². The molecule has 2 aromatic carbocycles. The SMILES string of the molecule is Cc1ccc(-c2nc(CCNC(=O)Nc3ccc(C#N)c(Cl)c3)co2)cc1. The van der Waals surface area contributed by atoms with Gasteiger partial charge in [0.05, 0.1) is 16.3 Å². The summed E-state index contributed by atoms with van der Waals surface area (Å²) < 4.78 is 5.50. The van der Waals surface area contributed by atoms with Crippen LogP contribution >= 0.6 is 11.6 Å². The first-order valence-electron chi connectivity index (χ1n) is 8.31. The summed E-state index contributed by atoms with van der Waals surface area (Å²) in [7, 11) is 0. The Hall–Kier alpha value is -3.30. The first-order chi connectivity index (χ1) is 13.0. The number of urea groups is 1. The maximum absolute atomic E-state index is 12.0. The number of carbonyl (C=O) groups is 1. The molecule has 0 fully saturated rings. The van der Waals surface area contributed by atoms with Crippen LogP contribution in [-0.4, -0.2) is 17.6 Å². The van der Waals surface area contributed by atoms with Crippen LogP contribution in [0.5, 0.6) is 0 Å². The number of halogens is 1. The average molecular weight is 381 g/mol. The maximum atomic E-state index is 12.0. The van der Waals surface area contributed by atoms with E-state index in [1.165, 1.54) is 11.6 Å². The fourth-order valence-electron chi connectivity index (χ4n) is 2.41. The third-order valence-electron chi connectivity index (χ3n) is 3.86. The molecule has 0 aliphatic heterocycles. The Morgan fingerprint density at radius 2 is 2.04 bits per heavy atom. The highest BCUT2D eigenvalue weighted by molar-refractivity contribution is 6.32. The van der Waals surface area contributed by atoms with Gasteiger partial charge in [-0.05, 0) is 37.3 Å². The highest BCUT2D eigenvalue weighted by Gasteiger charge is 2.08. The van der Waals surface area contributed by atoms with Gasteiger partial charge in [0.15, 0.2) is 0 Å². The topological polar surface area (TPSA) is 91.0 Å². The van der Waals surface area contributed by atoms with E-state index in [1.807, 2.05) is 37.3 Å². The van der Waals surface area contributed by atoms with E-state index in [-0.39, 0.29) is 6.03 Å². The minimum Gasteiger partial charge on any atom is -0.444 e. The van der Waals surface area contributed by atoms with Gasteiger partial charge in [-0.15, -0.1) is 0 Å². The van der Waals surface area contributed by atoms with Crippen molar-refractivity contribution in [3.8, 4) is 17.5 Å². The summed E-state index contributed by atoms with van der Waals surface area (Å²) in [5.74, 6) is 0.557. The molecule has 0 saturated carbocycles. The van der Waals surface area contributed by atoms with Crippen LogP contribution in [0.15, 0.2) is 53.1 Å². The van der Waals surface area contributed by atoms with Gasteiger partial charge in [-0.3, -0.25) is 0 Å². The van der Waals surface area contributed by atoms with Crippen LogP contribution in [0.3, 0.4) is 0 Å². The molecule has 1 heterocycles. The first kappa shape index (κ1) is 18.5. The van der Waals surface area contributed by atoms with E-state index in [9.17, 15) is 4.79 Å². The van der Waals surface area contributed by atoms with Gasteiger partial charge in [-0.1, -0.05) is 29.3 Å². The summed E-state index contributed by atoms with van der Waals surface area (Å²) in [6.45, 7) is 2.42. The number of amides is 2. The summed E-state index contributed by atoms with van der Waals surface area (Å²) in [6.07, 6.45) is 2.13. The summed E-state index contributed by atoms with van der Waals surface area (Å²) in [4.78, 5) is 16.4. The molecule has 3 rings (SSSR count). The minimum atomic E-state index is -0.363. The molecule has 2 N–H and O–H groups in total. The number of hydrogen-bond acceptors (Lipinski definition) is 4. The van der Waals surface area contributed by atoms with Gasteiger partial charge in [0.25, 0.3) is 0 Å². The fourth-order valence-corrected chi connectivity index (χ4v) is 2.64. The number of rotatable bonds is 5. The Bertz CT molecular complexity index is 990. The Labute approximate surface area is 161 Å². The first-order valence-corrected chi connectivity index (χ1v) is 8.69. The summed E-state index contributed by atoms with van der Waals surface area (Å²) >= 11 is 5.95. The van der Waals surface area contributed by atoms with Gasteiger partial charge in [0.1, 0.15) is 12.3 Å². The zero-order valence-electron chi connectivity index (χ0n) is 14.6. The van der Waals surface area contributed by atoms with Crippen molar-refractivity contribution >= 4 is 23.3 Å². The van der Waals surface area contributed by atoms with E-state index in [0.29, 0.717) is 35.1 Å². The van der Waals surface area contributed by atoms with Gasteiger partial charge in [-0.25, -0.2) is 9.78 Å². The van der Waals surface area contributed by atoms with E-state index in [2.05, 4.69) is 15.6 Å². The van der Waals surface area contributed by atoms with Gasteiger partial charge >= 0.3 is 6.03 Å². The molecule has 27 heavy (non-hydrogen) atoms. The quantitative estimate of drug-likeness (QED) is 0.679. The maximum Gasteiger partial charge on any atom is 0.319 e. The van der Waals surface area contributed by atoms with Crippen molar-refractivity contribution < 1.29 is 9.21 Å². The molecule has 2 amide bonds. The number of anilines is 1. The van der Waals surface area contributed by atoms with Crippen molar-refractivity contribution in [2.45, 2.75) is 13.3 Å². The highest BCUT2D eigenvalue weighted by Crippen LogP contribution is 2.20. The summed E-state index contributed by atoms with van der Waals surface area (Å²) in [5, 5.41) is 14.6. The number of hydrogen-bond donors (Lipinski definition) is 2. The number of carbonyl (C=O) groups excluding carboxylic acids is 1. The van der Waals surface area contributed by atoms with E-state index < -0.39 is 0 Å². The van der Waals surface area contributed by atoms with Crippen molar-refractivity contribution in [2.24, 2.45) is 0 Å². The fraction of sp³-hybridized carbons (Fsp3) is 0.150. The average Bonchev–Trinajstić information content (AvgIpc) is 3.11. The molecule has 3 aromatic rings. The Balaban J connectivity index is 1.50. The minimum absolute atomic E-state index is 0.293. The van der Waals surface area contributed by atoms with Crippen molar-refractivity contribution in [3.05, 3.63) is 70.6 Å². The molecule has 0 spiro atoms. The number of aryl methyl sites for hydroxylation is 1. The second kappa shape index (κ2) is 8.39. The summed E-state index contributed by atoms with van der Waals surface area (Å²) in [6, 6.07) is 14.2. The molecule has 1 aromatic heterocycles. The zero-order valence-corrected chi connectivity index (χ0v) is 15.4. The summed E-state index contributed by atoms with van der Waals surface area (Å²) in [5.41, 5.74) is 3.71. The number of nitriles is 1. The lowest BCUT2D eigenvalue weighted by atomic mass is 10.1. The largest absolute Gasteiger partial charge is 0.444 e. The number of nitrogens with one attached hydrogen (secondary N) is 2. The molecule has 7 heteroatoms. The third-order valence-corrected chi connectivity index (χ3v) is 4.18. The predicted octanol–water partition coefficient (Wildman–Crippen LogP) is 4.54. The lowest BCUT2D eigenvalue weighted by Crippen LogP contribution is -2.30. The lowest BCUT2D eigenvalue weighted by molar-refractivity contribution is 0.252. The number of nitrogens with zero attached hydrogens (tertiary/aromatic N) is 2. The molecule has 0 atom stereocenters. The normalized spacial score (nSPS) is 10.3. The molecule has 136 valence electrons. The Kier molecular flexibility index (Phi) is 5.74. The molecular weight excluding hydrogens is 364 g/mol. The van der Waals surface area contributed by atoms with Crippen LogP contribution in [0.25, 0.3) is 11.5 Å². The van der Waals surface area contributed by atoms with Crippen molar-refractivity contribution in [1.82, 2.24) is 10.3 Å². The van der Waals surface area contributed by atoms with Crippen LogP contribution in [0.2, 0.25) is 5.02 Å². The van der Waals surface area contributed by atoms with Gasteiger partial charge in [0, 0.05) is 24.2 Å². The van der Waals surface area contributed by atoms with Crippen molar-refractivity contribution in [3.63, 3.8) is 0 Å². The smallest absolute Gasteiger partial charge is 0.319 e. The molecule has 0 aliphatic carbocycles. The Morgan fingerprint density at radius 3 is 2.74 bits per heavy atom. The van der Waals surface area contributed by atoms with Gasteiger partial charge in [0.2, 0.25) is 5.89 Å². The molecule has 0 aliphatic rings. The van der Waals surface area contributed by atoms with E-state index in [1.54, 1.807) is 18.4 Å². The number of benzene rings is 2. The third kappa shape index (κ3) is 4.87. The van der Waals surface area contributed by atoms with Crippen molar-refractivity contribution in [1.29, 1.82) is 5.26 Å². The Morgan fingerprint density at radius 1 is 1.26 bits per heavy atom. The second-order valence-electron chi connectivity index (χ2n) is 5.95. The van der Waals surface area contributed by atoms with E-state index in [0.717, 1.165) is 11.3 Å². The molecular formula is C20H17ClN4O2. The predicted molar refractivity (Wildman–Crippen MR) is 104 cm³/mol. The van der Waals surface area contributed by atoms with Gasteiger partial charge in [-0.2, -0.15) is 5.26 Å². The molecule has 0 bridgehead atoms. The van der Waals surface area contributed by atoms with Crippen LogP contribution in [-0.2, 0) is 6.42 Å². The molecule has 6 nitrogen and oxygen atoms in total. The molecule has 0 radical (unpaired) electrons. The lowest BCUT2D eigenvalue weighted by Gasteiger charge is -2.07. The molecule has 0 saturated heterocycles. The standard InChI is InChI=1S/C20H17ClN4O2/c1-13-2-4-14(5-3-13)19-24-17(12-27-19)8-9-23-20(26)25-16-7-6-15(11-22)18(21)10-16/h2-7,10,12H,8-9H2,1H3,(H2,23,25,26).